The van der Waals surface area contributed by atoms with E-state index in [-0.39, 0.29) is 5.91 Å². The molecule has 0 saturated carbocycles. The van der Waals surface area contributed by atoms with Crippen LogP contribution in [0.2, 0.25) is 0 Å². The highest BCUT2D eigenvalue weighted by atomic mass is 16.2. The van der Waals surface area contributed by atoms with Crippen LogP contribution >= 0.6 is 0 Å². The third-order valence-corrected chi connectivity index (χ3v) is 3.72. The van der Waals surface area contributed by atoms with E-state index in [0.29, 0.717) is 5.69 Å². The predicted octanol–water partition coefficient (Wildman–Crippen LogP) is 1.11. The van der Waals surface area contributed by atoms with Crippen LogP contribution in [0.5, 0.6) is 0 Å². The summed E-state index contributed by atoms with van der Waals surface area (Å²) in [5.74, 6) is 0.0256. The fourth-order valence-electron chi connectivity index (χ4n) is 2.52. The third-order valence-electron chi connectivity index (χ3n) is 3.72. The van der Waals surface area contributed by atoms with E-state index in [0.717, 1.165) is 43.9 Å². The molecule has 0 aliphatic carbocycles. The first-order chi connectivity index (χ1) is 9.49. The van der Waals surface area contributed by atoms with Crippen molar-refractivity contribution in [1.82, 2.24) is 9.80 Å². The summed E-state index contributed by atoms with van der Waals surface area (Å²) in [4.78, 5) is 18.5. The first kappa shape index (κ1) is 14.7. The zero-order chi connectivity index (χ0) is 14.7. The van der Waals surface area contributed by atoms with Gasteiger partial charge in [-0.3, -0.25) is 4.79 Å². The summed E-state index contributed by atoms with van der Waals surface area (Å²) in [6.45, 7) is 3.98. The standard InChI is InChI=1S/C15H24N4O/c1-17(2)15(20)13-6-5-12(16)11-14(13)19-8-4-7-18(3)9-10-19/h5-6,11H,4,7-10,16H2,1-3H3. The van der Waals surface area contributed by atoms with Gasteiger partial charge in [0.15, 0.2) is 0 Å². The first-order valence-electron chi connectivity index (χ1n) is 7.03. The summed E-state index contributed by atoms with van der Waals surface area (Å²) >= 11 is 0. The van der Waals surface area contributed by atoms with Crippen LogP contribution in [0.15, 0.2) is 18.2 Å². The summed E-state index contributed by atoms with van der Waals surface area (Å²) < 4.78 is 0. The van der Waals surface area contributed by atoms with E-state index >= 15 is 0 Å². The normalized spacial score (nSPS) is 16.9. The number of nitrogens with zero attached hydrogens (tertiary/aromatic N) is 3. The molecular weight excluding hydrogens is 252 g/mol. The molecule has 1 saturated heterocycles. The molecule has 1 amide bonds. The summed E-state index contributed by atoms with van der Waals surface area (Å²) in [6.07, 6.45) is 1.10. The minimum Gasteiger partial charge on any atom is -0.399 e. The Morgan fingerprint density at radius 1 is 1.20 bits per heavy atom. The van der Waals surface area contributed by atoms with Crippen LogP contribution in [0.4, 0.5) is 11.4 Å². The summed E-state index contributed by atoms with van der Waals surface area (Å²) in [6, 6.07) is 5.55. The zero-order valence-electron chi connectivity index (χ0n) is 12.6. The maximum Gasteiger partial charge on any atom is 0.255 e. The second-order valence-electron chi connectivity index (χ2n) is 5.62. The number of likely N-dealkylation sites (N-methyl/N-ethyl adjacent to an activating group) is 1. The molecular formula is C15H24N4O. The van der Waals surface area contributed by atoms with Crippen molar-refractivity contribution in [3.05, 3.63) is 23.8 Å². The molecule has 1 aromatic rings. The molecule has 0 aromatic heterocycles. The third kappa shape index (κ3) is 3.22. The minimum absolute atomic E-state index is 0.0256. The van der Waals surface area contributed by atoms with E-state index < -0.39 is 0 Å². The Balaban J connectivity index is 2.33. The number of hydrogen-bond donors (Lipinski definition) is 1. The molecule has 20 heavy (non-hydrogen) atoms. The Morgan fingerprint density at radius 2 is 1.95 bits per heavy atom. The van der Waals surface area contributed by atoms with Crippen molar-refractivity contribution in [3.8, 4) is 0 Å². The van der Waals surface area contributed by atoms with E-state index in [9.17, 15) is 4.79 Å². The Hall–Kier alpha value is -1.75. The number of benzene rings is 1. The molecule has 0 radical (unpaired) electrons. The topological polar surface area (TPSA) is 52.8 Å². The lowest BCUT2D eigenvalue weighted by atomic mass is 10.1. The molecule has 1 aliphatic rings. The maximum atomic E-state index is 12.3. The number of hydrogen-bond acceptors (Lipinski definition) is 4. The van der Waals surface area contributed by atoms with Crippen molar-refractivity contribution in [2.75, 3.05) is 58.0 Å². The van der Waals surface area contributed by atoms with E-state index in [1.807, 2.05) is 12.1 Å². The largest absolute Gasteiger partial charge is 0.399 e. The molecule has 2 N–H and O–H groups in total. The average molecular weight is 276 g/mol. The summed E-state index contributed by atoms with van der Waals surface area (Å²) in [5.41, 5.74) is 8.30. The molecule has 1 heterocycles. The first-order valence-corrected chi connectivity index (χ1v) is 7.03. The van der Waals surface area contributed by atoms with Gasteiger partial charge < -0.3 is 20.4 Å². The highest BCUT2D eigenvalue weighted by molar-refractivity contribution is 6.00. The molecule has 0 unspecified atom stereocenters. The number of nitrogen functional groups attached to an aromatic ring is 1. The monoisotopic (exact) mass is 276 g/mol. The number of carbonyl (C=O) groups excluding carboxylic acids is 1. The van der Waals surface area contributed by atoms with Crippen LogP contribution in [0, 0.1) is 0 Å². The van der Waals surface area contributed by atoms with Crippen molar-refractivity contribution in [2.45, 2.75) is 6.42 Å². The van der Waals surface area contributed by atoms with Crippen molar-refractivity contribution in [1.29, 1.82) is 0 Å². The van der Waals surface area contributed by atoms with Gasteiger partial charge in [-0.25, -0.2) is 0 Å². The molecule has 2 rings (SSSR count). The second-order valence-corrected chi connectivity index (χ2v) is 5.62. The van der Waals surface area contributed by atoms with Crippen LogP contribution in [0.1, 0.15) is 16.8 Å². The van der Waals surface area contributed by atoms with Crippen molar-refractivity contribution in [2.24, 2.45) is 0 Å². The molecule has 1 aliphatic heterocycles. The van der Waals surface area contributed by atoms with Gasteiger partial charge in [-0.2, -0.15) is 0 Å². The lowest BCUT2D eigenvalue weighted by Crippen LogP contribution is -2.31. The summed E-state index contributed by atoms with van der Waals surface area (Å²) in [7, 11) is 5.69. The predicted molar refractivity (Wildman–Crippen MR) is 83.2 cm³/mol. The Labute approximate surface area is 120 Å². The average Bonchev–Trinajstić information content (AvgIpc) is 2.62. The number of nitrogens with two attached hydrogens (primary N) is 1. The van der Waals surface area contributed by atoms with Gasteiger partial charge in [0.1, 0.15) is 0 Å². The highest BCUT2D eigenvalue weighted by Crippen LogP contribution is 2.25. The number of amides is 1. The van der Waals surface area contributed by atoms with Crippen LogP contribution in [-0.2, 0) is 0 Å². The molecule has 110 valence electrons. The maximum absolute atomic E-state index is 12.3. The number of rotatable bonds is 2. The van der Waals surface area contributed by atoms with Crippen LogP contribution in [0.3, 0.4) is 0 Å². The second kappa shape index (κ2) is 6.13. The van der Waals surface area contributed by atoms with Gasteiger partial charge in [0.25, 0.3) is 5.91 Å². The van der Waals surface area contributed by atoms with E-state index in [4.69, 9.17) is 5.73 Å². The minimum atomic E-state index is 0.0256. The highest BCUT2D eigenvalue weighted by Gasteiger charge is 2.20. The zero-order valence-corrected chi connectivity index (χ0v) is 12.6. The van der Waals surface area contributed by atoms with Gasteiger partial charge in [-0.05, 0) is 38.2 Å². The summed E-state index contributed by atoms with van der Waals surface area (Å²) in [5, 5.41) is 0. The fraction of sp³-hybridized carbons (Fsp3) is 0.533. The van der Waals surface area contributed by atoms with Crippen LogP contribution < -0.4 is 10.6 Å². The lowest BCUT2D eigenvalue weighted by Gasteiger charge is -2.26. The quantitative estimate of drug-likeness (QED) is 0.822. The van der Waals surface area contributed by atoms with Gasteiger partial charge >= 0.3 is 0 Å². The molecule has 0 atom stereocenters. The van der Waals surface area contributed by atoms with Crippen molar-refractivity contribution in [3.63, 3.8) is 0 Å². The van der Waals surface area contributed by atoms with E-state index in [1.165, 1.54) is 0 Å². The number of anilines is 2. The fourth-order valence-corrected chi connectivity index (χ4v) is 2.52. The van der Waals surface area contributed by atoms with Crippen molar-refractivity contribution < 1.29 is 4.79 Å². The lowest BCUT2D eigenvalue weighted by molar-refractivity contribution is 0.0828. The SMILES string of the molecule is CN1CCCN(c2cc(N)ccc2C(=O)N(C)C)CC1. The Morgan fingerprint density at radius 3 is 2.65 bits per heavy atom. The van der Waals surface area contributed by atoms with Gasteiger partial charge in [-0.1, -0.05) is 0 Å². The molecule has 0 bridgehead atoms. The Kier molecular flexibility index (Phi) is 4.49. The molecule has 5 heteroatoms. The number of carbonyl (C=O) groups is 1. The smallest absolute Gasteiger partial charge is 0.255 e. The van der Waals surface area contributed by atoms with E-state index in [2.05, 4.69) is 16.8 Å². The van der Waals surface area contributed by atoms with Crippen molar-refractivity contribution >= 4 is 17.3 Å². The molecule has 1 aromatic carbocycles. The Bertz CT molecular complexity index is 487. The molecule has 0 spiro atoms. The van der Waals surface area contributed by atoms with Gasteiger partial charge in [-0.15, -0.1) is 0 Å². The van der Waals surface area contributed by atoms with Gasteiger partial charge in [0.05, 0.1) is 11.3 Å². The van der Waals surface area contributed by atoms with Crippen LogP contribution in [-0.4, -0.2) is 63.0 Å². The van der Waals surface area contributed by atoms with Gasteiger partial charge in [0, 0.05) is 39.4 Å². The molecule has 1 fully saturated rings. The molecule has 5 nitrogen and oxygen atoms in total. The van der Waals surface area contributed by atoms with Crippen LogP contribution in [0.25, 0.3) is 0 Å². The van der Waals surface area contributed by atoms with E-state index in [1.54, 1.807) is 25.1 Å². The van der Waals surface area contributed by atoms with Gasteiger partial charge in [0.2, 0.25) is 0 Å².